The van der Waals surface area contributed by atoms with Gasteiger partial charge in [-0.2, -0.15) is 0 Å². The van der Waals surface area contributed by atoms with Crippen molar-refractivity contribution >= 4 is 23.7 Å². The van der Waals surface area contributed by atoms with Gasteiger partial charge in [-0.3, -0.25) is 9.59 Å². The number of anilines is 1. The minimum Gasteiger partial charge on any atom is -0.353 e. The Morgan fingerprint density at radius 1 is 1.04 bits per heavy atom. The summed E-state index contributed by atoms with van der Waals surface area (Å²) in [5.41, 5.74) is 0.942. The lowest BCUT2D eigenvalue weighted by molar-refractivity contribution is -0.135. The highest BCUT2D eigenvalue weighted by atomic mass is 16.2. The number of aromatic nitrogens is 1. The molecule has 140 valence electrons. The van der Waals surface area contributed by atoms with Gasteiger partial charge < -0.3 is 15.1 Å². The van der Waals surface area contributed by atoms with E-state index in [2.05, 4.69) is 15.2 Å². The molecular formula is C21H24N4O2. The fourth-order valence-electron chi connectivity index (χ4n) is 3.03. The van der Waals surface area contributed by atoms with Crippen LogP contribution in [0.2, 0.25) is 0 Å². The van der Waals surface area contributed by atoms with Crippen LogP contribution in [0.3, 0.4) is 0 Å². The molecule has 2 amide bonds. The monoisotopic (exact) mass is 364 g/mol. The summed E-state index contributed by atoms with van der Waals surface area (Å²) in [6.07, 6.45) is 4.96. The van der Waals surface area contributed by atoms with Crippen molar-refractivity contribution in [2.75, 3.05) is 31.1 Å². The summed E-state index contributed by atoms with van der Waals surface area (Å²) in [4.78, 5) is 33.0. The maximum atomic E-state index is 12.6. The number of nitrogens with one attached hydrogen (secondary N) is 1. The SMILES string of the molecule is CC(NC(=O)/C=C/c1ccccc1)C(=O)N1CCN(c2ccccn2)CC1. The Morgan fingerprint density at radius 3 is 2.41 bits per heavy atom. The average Bonchev–Trinajstić information content (AvgIpc) is 2.73. The highest BCUT2D eigenvalue weighted by Gasteiger charge is 2.25. The van der Waals surface area contributed by atoms with Gasteiger partial charge in [-0.15, -0.1) is 0 Å². The molecule has 0 radical (unpaired) electrons. The van der Waals surface area contributed by atoms with Gasteiger partial charge in [-0.05, 0) is 30.7 Å². The quantitative estimate of drug-likeness (QED) is 0.824. The van der Waals surface area contributed by atoms with Crippen molar-refractivity contribution in [1.82, 2.24) is 15.2 Å². The van der Waals surface area contributed by atoms with E-state index in [9.17, 15) is 9.59 Å². The van der Waals surface area contributed by atoms with Crippen molar-refractivity contribution < 1.29 is 9.59 Å². The molecule has 1 aliphatic rings. The standard InChI is InChI=1S/C21H24N4O2/c1-17(23-20(26)11-10-18-7-3-2-4-8-18)21(27)25-15-13-24(14-16-25)19-9-5-6-12-22-19/h2-12,17H,13-16H2,1H3,(H,23,26)/b11-10+. The van der Waals surface area contributed by atoms with Crippen LogP contribution in [-0.4, -0.2) is 53.9 Å². The number of amides is 2. The Balaban J connectivity index is 1.48. The Labute approximate surface area is 159 Å². The Kier molecular flexibility index (Phi) is 6.20. The first-order valence-electron chi connectivity index (χ1n) is 9.12. The second-order valence-corrected chi connectivity index (χ2v) is 6.47. The molecule has 27 heavy (non-hydrogen) atoms. The van der Waals surface area contributed by atoms with Crippen molar-refractivity contribution in [3.63, 3.8) is 0 Å². The van der Waals surface area contributed by atoms with Crippen LogP contribution in [0, 0.1) is 0 Å². The van der Waals surface area contributed by atoms with Gasteiger partial charge in [0.25, 0.3) is 0 Å². The highest BCUT2D eigenvalue weighted by Crippen LogP contribution is 2.13. The molecule has 1 saturated heterocycles. The molecule has 0 bridgehead atoms. The number of nitrogens with zero attached hydrogens (tertiary/aromatic N) is 3. The van der Waals surface area contributed by atoms with Crippen LogP contribution in [-0.2, 0) is 9.59 Å². The highest BCUT2D eigenvalue weighted by molar-refractivity contribution is 5.95. The van der Waals surface area contributed by atoms with Crippen molar-refractivity contribution in [1.29, 1.82) is 0 Å². The second kappa shape index (κ2) is 8.98. The normalized spacial score (nSPS) is 15.6. The molecule has 2 aromatic rings. The van der Waals surface area contributed by atoms with Gasteiger partial charge in [0, 0.05) is 38.5 Å². The minimum atomic E-state index is -0.556. The van der Waals surface area contributed by atoms with Gasteiger partial charge in [-0.1, -0.05) is 36.4 Å². The largest absolute Gasteiger partial charge is 0.353 e. The molecule has 0 saturated carbocycles. The predicted molar refractivity (Wildman–Crippen MR) is 106 cm³/mol. The number of hydrogen-bond donors (Lipinski definition) is 1. The number of pyridine rings is 1. The Hall–Kier alpha value is -3.15. The third-order valence-electron chi connectivity index (χ3n) is 4.52. The second-order valence-electron chi connectivity index (χ2n) is 6.47. The third-order valence-corrected chi connectivity index (χ3v) is 4.52. The number of rotatable bonds is 5. The molecule has 1 fully saturated rings. The van der Waals surface area contributed by atoms with E-state index < -0.39 is 6.04 Å². The van der Waals surface area contributed by atoms with E-state index in [-0.39, 0.29) is 11.8 Å². The summed E-state index contributed by atoms with van der Waals surface area (Å²) in [7, 11) is 0. The van der Waals surface area contributed by atoms with Gasteiger partial charge in [0.05, 0.1) is 0 Å². The first-order valence-corrected chi connectivity index (χ1v) is 9.12. The molecule has 6 heteroatoms. The zero-order chi connectivity index (χ0) is 19.1. The summed E-state index contributed by atoms with van der Waals surface area (Å²) in [5.74, 6) is 0.598. The molecule has 6 nitrogen and oxygen atoms in total. The van der Waals surface area contributed by atoms with Crippen LogP contribution in [0.1, 0.15) is 12.5 Å². The van der Waals surface area contributed by atoms with E-state index in [4.69, 9.17) is 0 Å². The van der Waals surface area contributed by atoms with Crippen LogP contribution < -0.4 is 10.2 Å². The maximum absolute atomic E-state index is 12.6. The van der Waals surface area contributed by atoms with Crippen molar-refractivity contribution in [2.24, 2.45) is 0 Å². The molecule has 3 rings (SSSR count). The molecular weight excluding hydrogens is 340 g/mol. The first kappa shape index (κ1) is 18.6. The van der Waals surface area contributed by atoms with E-state index in [0.29, 0.717) is 13.1 Å². The van der Waals surface area contributed by atoms with Gasteiger partial charge >= 0.3 is 0 Å². The molecule has 2 heterocycles. The molecule has 0 spiro atoms. The van der Waals surface area contributed by atoms with Crippen molar-refractivity contribution in [3.05, 3.63) is 66.4 Å². The first-order chi connectivity index (χ1) is 13.1. The molecule has 1 atom stereocenters. The molecule has 1 aromatic heterocycles. The summed E-state index contributed by atoms with van der Waals surface area (Å²) in [6, 6.07) is 14.8. The number of carbonyl (C=O) groups is 2. The van der Waals surface area contributed by atoms with E-state index in [1.165, 1.54) is 6.08 Å². The van der Waals surface area contributed by atoms with E-state index in [1.54, 1.807) is 24.1 Å². The van der Waals surface area contributed by atoms with Gasteiger partial charge in [0.2, 0.25) is 11.8 Å². The summed E-state index contributed by atoms with van der Waals surface area (Å²) >= 11 is 0. The van der Waals surface area contributed by atoms with Gasteiger partial charge in [-0.25, -0.2) is 4.98 Å². The number of benzene rings is 1. The van der Waals surface area contributed by atoms with Crippen LogP contribution in [0.25, 0.3) is 6.08 Å². The zero-order valence-corrected chi connectivity index (χ0v) is 15.4. The van der Waals surface area contributed by atoms with E-state index in [0.717, 1.165) is 24.5 Å². The smallest absolute Gasteiger partial charge is 0.244 e. The average molecular weight is 364 g/mol. The topological polar surface area (TPSA) is 65.5 Å². The Morgan fingerprint density at radius 2 is 1.74 bits per heavy atom. The molecule has 1 N–H and O–H groups in total. The van der Waals surface area contributed by atoms with Gasteiger partial charge in [0.15, 0.2) is 0 Å². The summed E-state index contributed by atoms with van der Waals surface area (Å²) in [6.45, 7) is 4.43. The number of piperazine rings is 1. The van der Waals surface area contributed by atoms with Crippen LogP contribution in [0.5, 0.6) is 0 Å². The minimum absolute atomic E-state index is 0.0582. The van der Waals surface area contributed by atoms with E-state index in [1.807, 2.05) is 48.5 Å². The lowest BCUT2D eigenvalue weighted by atomic mass is 10.2. The van der Waals surface area contributed by atoms with Crippen molar-refractivity contribution in [2.45, 2.75) is 13.0 Å². The Bertz CT molecular complexity index is 784. The maximum Gasteiger partial charge on any atom is 0.244 e. The fraction of sp³-hybridized carbons (Fsp3) is 0.286. The number of hydrogen-bond acceptors (Lipinski definition) is 4. The number of carbonyl (C=O) groups excluding carboxylic acids is 2. The predicted octanol–water partition coefficient (Wildman–Crippen LogP) is 1.95. The van der Waals surface area contributed by atoms with E-state index >= 15 is 0 Å². The third kappa shape index (κ3) is 5.17. The molecule has 0 aliphatic carbocycles. The summed E-state index contributed by atoms with van der Waals surface area (Å²) in [5, 5.41) is 2.75. The fourth-order valence-corrected chi connectivity index (χ4v) is 3.03. The van der Waals surface area contributed by atoms with Crippen molar-refractivity contribution in [3.8, 4) is 0 Å². The lowest BCUT2D eigenvalue weighted by Crippen LogP contribution is -2.54. The van der Waals surface area contributed by atoms with Crippen LogP contribution >= 0.6 is 0 Å². The molecule has 1 aromatic carbocycles. The zero-order valence-electron chi connectivity index (χ0n) is 15.4. The molecule has 1 aliphatic heterocycles. The van der Waals surface area contributed by atoms with Gasteiger partial charge in [0.1, 0.15) is 11.9 Å². The van der Waals surface area contributed by atoms with Crippen LogP contribution in [0.15, 0.2) is 60.8 Å². The summed E-state index contributed by atoms with van der Waals surface area (Å²) < 4.78 is 0. The lowest BCUT2D eigenvalue weighted by Gasteiger charge is -2.36. The van der Waals surface area contributed by atoms with Crippen LogP contribution in [0.4, 0.5) is 5.82 Å². The molecule has 1 unspecified atom stereocenters.